The second kappa shape index (κ2) is 8.06. The number of methoxy groups -OCH3 is 1. The monoisotopic (exact) mass is 425 g/mol. The van der Waals surface area contributed by atoms with Gasteiger partial charge < -0.3 is 14.5 Å². The number of carbonyl (C=O) groups excluding carboxylic acids is 1. The van der Waals surface area contributed by atoms with Crippen LogP contribution in [0.1, 0.15) is 17.0 Å². The summed E-state index contributed by atoms with van der Waals surface area (Å²) in [6.45, 7) is 1.83. The van der Waals surface area contributed by atoms with Crippen LogP contribution in [0.15, 0.2) is 40.9 Å². The van der Waals surface area contributed by atoms with Gasteiger partial charge in [-0.25, -0.2) is 9.78 Å². The number of allylic oxidation sites excluding steroid dienone is 1. The number of halogens is 1. The molecular formula is C20H16BrN3O3. The van der Waals surface area contributed by atoms with Gasteiger partial charge in [-0.1, -0.05) is 12.1 Å². The minimum absolute atomic E-state index is 0.174. The number of rotatable bonds is 5. The molecule has 0 bridgehead atoms. The second-order valence-electron chi connectivity index (χ2n) is 5.83. The average Bonchev–Trinajstić information content (AvgIpc) is 3.07. The number of hydrogen-bond acceptors (Lipinski definition) is 5. The van der Waals surface area contributed by atoms with E-state index in [1.54, 1.807) is 24.3 Å². The second-order valence-corrected chi connectivity index (χ2v) is 6.68. The van der Waals surface area contributed by atoms with Gasteiger partial charge in [0.2, 0.25) is 0 Å². The zero-order valence-corrected chi connectivity index (χ0v) is 16.3. The van der Waals surface area contributed by atoms with Crippen LogP contribution in [-0.2, 0) is 9.53 Å². The Morgan fingerprint density at radius 3 is 2.85 bits per heavy atom. The summed E-state index contributed by atoms with van der Waals surface area (Å²) >= 11 is 3.41. The van der Waals surface area contributed by atoms with Gasteiger partial charge in [-0.15, -0.1) is 0 Å². The van der Waals surface area contributed by atoms with E-state index in [4.69, 9.17) is 4.74 Å². The van der Waals surface area contributed by atoms with Crippen molar-refractivity contribution in [1.29, 1.82) is 5.26 Å². The van der Waals surface area contributed by atoms with Gasteiger partial charge in [0, 0.05) is 0 Å². The Bertz CT molecular complexity index is 1080. The minimum Gasteiger partial charge on any atom is -0.481 e. The maximum atomic E-state index is 11.2. The number of nitrogens with one attached hydrogen (secondary N) is 1. The predicted octanol–water partition coefficient (Wildman–Crippen LogP) is 4.25. The number of imidazole rings is 1. The Labute approximate surface area is 164 Å². The number of aromatic amines is 1. The first-order chi connectivity index (χ1) is 13.0. The molecule has 0 saturated heterocycles. The Morgan fingerprint density at radius 1 is 1.33 bits per heavy atom. The van der Waals surface area contributed by atoms with Crippen LogP contribution in [0.25, 0.3) is 22.7 Å². The van der Waals surface area contributed by atoms with Gasteiger partial charge in [0.05, 0.1) is 28.2 Å². The first kappa shape index (κ1) is 18.7. The van der Waals surface area contributed by atoms with E-state index in [0.717, 1.165) is 22.2 Å². The van der Waals surface area contributed by atoms with Crippen molar-refractivity contribution in [2.24, 2.45) is 0 Å². The van der Waals surface area contributed by atoms with Crippen LogP contribution in [-0.4, -0.2) is 29.7 Å². The quantitative estimate of drug-likeness (QED) is 0.487. The fourth-order valence-electron chi connectivity index (χ4n) is 2.49. The van der Waals surface area contributed by atoms with Crippen LogP contribution in [0.4, 0.5) is 0 Å². The molecule has 0 aliphatic rings. The van der Waals surface area contributed by atoms with Gasteiger partial charge >= 0.3 is 5.97 Å². The van der Waals surface area contributed by atoms with Gasteiger partial charge in [0.1, 0.15) is 17.6 Å². The van der Waals surface area contributed by atoms with Gasteiger partial charge in [-0.3, -0.25) is 0 Å². The van der Waals surface area contributed by atoms with Crippen molar-refractivity contribution in [3.63, 3.8) is 0 Å². The predicted molar refractivity (Wildman–Crippen MR) is 106 cm³/mol. The Kier molecular flexibility index (Phi) is 5.57. The number of benzene rings is 2. The lowest BCUT2D eigenvalue weighted by Gasteiger charge is -2.07. The molecule has 0 fully saturated rings. The molecule has 0 amide bonds. The summed E-state index contributed by atoms with van der Waals surface area (Å²) in [5, 5.41) is 9.55. The molecule has 1 heterocycles. The van der Waals surface area contributed by atoms with Crippen LogP contribution < -0.4 is 4.74 Å². The molecule has 136 valence electrons. The lowest BCUT2D eigenvalue weighted by atomic mass is 10.1. The molecule has 27 heavy (non-hydrogen) atoms. The molecule has 0 aliphatic heterocycles. The Hall–Kier alpha value is -3.11. The van der Waals surface area contributed by atoms with E-state index in [9.17, 15) is 10.1 Å². The third kappa shape index (κ3) is 4.36. The SMILES string of the molecule is COC(=O)COc1ccc(C=C(C#N)c2nc3ccc(C)cc3[nH]2)cc1Br. The third-order valence-corrected chi connectivity index (χ3v) is 4.47. The lowest BCUT2D eigenvalue weighted by Crippen LogP contribution is -2.12. The minimum atomic E-state index is -0.460. The van der Waals surface area contributed by atoms with Crippen molar-refractivity contribution in [2.45, 2.75) is 6.92 Å². The van der Waals surface area contributed by atoms with Gasteiger partial charge in [-0.2, -0.15) is 5.26 Å². The molecule has 0 aliphatic carbocycles. The molecule has 0 unspecified atom stereocenters. The summed E-state index contributed by atoms with van der Waals surface area (Å²) in [5.41, 5.74) is 4.02. The highest BCUT2D eigenvalue weighted by Gasteiger charge is 2.10. The molecule has 0 saturated carbocycles. The van der Waals surface area contributed by atoms with E-state index < -0.39 is 5.97 Å². The zero-order valence-electron chi connectivity index (χ0n) is 14.7. The molecule has 1 aromatic heterocycles. The maximum absolute atomic E-state index is 11.2. The third-order valence-electron chi connectivity index (χ3n) is 3.85. The highest BCUT2D eigenvalue weighted by molar-refractivity contribution is 9.10. The summed E-state index contributed by atoms with van der Waals surface area (Å²) in [5.74, 6) is 0.563. The van der Waals surface area contributed by atoms with E-state index in [1.807, 2.05) is 25.1 Å². The van der Waals surface area contributed by atoms with Crippen molar-refractivity contribution in [3.8, 4) is 11.8 Å². The number of fused-ring (bicyclic) bond motifs is 1. The number of ether oxygens (including phenoxy) is 2. The van der Waals surface area contributed by atoms with Crippen LogP contribution >= 0.6 is 15.9 Å². The molecule has 1 N–H and O–H groups in total. The molecule has 0 radical (unpaired) electrons. The molecule has 3 aromatic rings. The van der Waals surface area contributed by atoms with Crippen molar-refractivity contribution in [1.82, 2.24) is 9.97 Å². The number of aromatic nitrogens is 2. The highest BCUT2D eigenvalue weighted by atomic mass is 79.9. The van der Waals surface area contributed by atoms with Crippen LogP contribution in [0.3, 0.4) is 0 Å². The van der Waals surface area contributed by atoms with E-state index in [-0.39, 0.29) is 6.61 Å². The number of hydrogen-bond donors (Lipinski definition) is 1. The number of nitriles is 1. The van der Waals surface area contributed by atoms with Crippen LogP contribution in [0, 0.1) is 18.3 Å². The maximum Gasteiger partial charge on any atom is 0.343 e. The van der Waals surface area contributed by atoms with Crippen molar-refractivity contribution < 1.29 is 14.3 Å². The summed E-state index contributed by atoms with van der Waals surface area (Å²) in [7, 11) is 1.30. The van der Waals surface area contributed by atoms with Crippen LogP contribution in [0.2, 0.25) is 0 Å². The lowest BCUT2D eigenvalue weighted by molar-refractivity contribution is -0.142. The summed E-state index contributed by atoms with van der Waals surface area (Å²) < 4.78 is 10.6. The Morgan fingerprint density at radius 2 is 2.15 bits per heavy atom. The number of esters is 1. The molecule has 3 rings (SSSR count). The summed E-state index contributed by atoms with van der Waals surface area (Å²) in [6, 6.07) is 13.4. The molecule has 6 nitrogen and oxygen atoms in total. The first-order valence-corrected chi connectivity index (χ1v) is 8.87. The summed E-state index contributed by atoms with van der Waals surface area (Å²) in [6.07, 6.45) is 1.74. The fourth-order valence-corrected chi connectivity index (χ4v) is 3.00. The van der Waals surface area contributed by atoms with Gasteiger partial charge in [0.25, 0.3) is 0 Å². The molecule has 7 heteroatoms. The normalized spacial score (nSPS) is 11.3. The standard InChI is InChI=1S/C20H16BrN3O3/c1-12-3-5-16-17(7-12)24-20(23-16)14(10-22)8-13-4-6-18(15(21)9-13)27-11-19(25)26-2/h3-9H,11H2,1-2H3,(H,23,24). The first-order valence-electron chi connectivity index (χ1n) is 8.08. The van der Waals surface area contributed by atoms with E-state index in [0.29, 0.717) is 21.6 Å². The topological polar surface area (TPSA) is 88.0 Å². The van der Waals surface area contributed by atoms with E-state index in [1.165, 1.54) is 7.11 Å². The number of nitrogens with zero attached hydrogens (tertiary/aromatic N) is 2. The van der Waals surface area contributed by atoms with Gasteiger partial charge in [-0.05, 0) is 64.3 Å². The van der Waals surface area contributed by atoms with E-state index >= 15 is 0 Å². The van der Waals surface area contributed by atoms with Crippen molar-refractivity contribution in [3.05, 3.63) is 57.8 Å². The smallest absolute Gasteiger partial charge is 0.343 e. The molecule has 0 atom stereocenters. The summed E-state index contributed by atoms with van der Waals surface area (Å²) in [4.78, 5) is 18.8. The average molecular weight is 426 g/mol. The Balaban J connectivity index is 1.87. The largest absolute Gasteiger partial charge is 0.481 e. The van der Waals surface area contributed by atoms with Crippen molar-refractivity contribution >= 4 is 44.6 Å². The number of H-pyrrole nitrogens is 1. The highest BCUT2D eigenvalue weighted by Crippen LogP contribution is 2.28. The number of aryl methyl sites for hydroxylation is 1. The van der Waals surface area contributed by atoms with Crippen molar-refractivity contribution in [2.75, 3.05) is 13.7 Å². The van der Waals surface area contributed by atoms with E-state index in [2.05, 4.69) is 36.7 Å². The molecule has 0 spiro atoms. The zero-order chi connectivity index (χ0) is 19.4. The molecular weight excluding hydrogens is 410 g/mol. The van der Waals surface area contributed by atoms with Gasteiger partial charge in [0.15, 0.2) is 6.61 Å². The number of carbonyl (C=O) groups is 1. The fraction of sp³-hybridized carbons (Fsp3) is 0.150. The molecule has 2 aromatic carbocycles. The van der Waals surface area contributed by atoms with Crippen LogP contribution in [0.5, 0.6) is 5.75 Å².